The summed E-state index contributed by atoms with van der Waals surface area (Å²) in [5.74, 6) is 1.03. The summed E-state index contributed by atoms with van der Waals surface area (Å²) in [6.07, 6.45) is 4.11. The van der Waals surface area contributed by atoms with Crippen LogP contribution < -0.4 is 5.73 Å². The second-order valence-electron chi connectivity index (χ2n) is 8.19. The van der Waals surface area contributed by atoms with E-state index in [1.54, 1.807) is 11.0 Å². The predicted molar refractivity (Wildman–Crippen MR) is 108 cm³/mol. The number of nitrogens with zero attached hydrogens (tertiary/aromatic N) is 4. The molecular weight excluding hydrogens is 350 g/mol. The Labute approximate surface area is 166 Å². The molecule has 2 aromatic rings. The number of allylic oxidation sites excluding steroid dienone is 3. The van der Waals surface area contributed by atoms with Crippen LogP contribution in [0.3, 0.4) is 0 Å². The van der Waals surface area contributed by atoms with Crippen molar-refractivity contribution in [1.82, 2.24) is 14.8 Å². The molecule has 0 spiro atoms. The lowest BCUT2D eigenvalue weighted by atomic mass is 9.67. The Morgan fingerprint density at radius 2 is 1.96 bits per heavy atom. The maximum atomic E-state index is 9.85. The summed E-state index contributed by atoms with van der Waals surface area (Å²) in [5, 5.41) is 14.0. The minimum atomic E-state index is -0.215. The van der Waals surface area contributed by atoms with E-state index >= 15 is 0 Å². The van der Waals surface area contributed by atoms with Gasteiger partial charge in [-0.3, -0.25) is 0 Å². The van der Waals surface area contributed by atoms with Crippen molar-refractivity contribution in [3.63, 3.8) is 0 Å². The first-order chi connectivity index (χ1) is 13.3. The molecule has 0 saturated carbocycles. The largest absolute Gasteiger partial charge is 0.445 e. The standard InChI is InChI=1S/C22H27N5O/c1-6-18(22(3,4)5)19-14(2)28-21(24)17(11-23)20(19)15-7-9-16(10-8-15)27-13-25-12-26-27/h7-10,12-13,18,20H,6,24H2,1-5H3. The summed E-state index contributed by atoms with van der Waals surface area (Å²) in [6, 6.07) is 10.3. The zero-order valence-electron chi connectivity index (χ0n) is 17.1. The Kier molecular flexibility index (Phi) is 5.28. The van der Waals surface area contributed by atoms with Gasteiger partial charge in [-0.2, -0.15) is 10.4 Å². The molecule has 0 fully saturated rings. The molecule has 2 heterocycles. The van der Waals surface area contributed by atoms with Gasteiger partial charge in [-0.25, -0.2) is 9.67 Å². The van der Waals surface area contributed by atoms with Crippen molar-refractivity contribution in [2.75, 3.05) is 0 Å². The highest BCUT2D eigenvalue weighted by atomic mass is 16.5. The van der Waals surface area contributed by atoms with Gasteiger partial charge in [0.15, 0.2) is 0 Å². The summed E-state index contributed by atoms with van der Waals surface area (Å²) >= 11 is 0. The second-order valence-corrected chi connectivity index (χ2v) is 8.19. The molecule has 1 aromatic carbocycles. The lowest BCUT2D eigenvalue weighted by Gasteiger charge is -2.39. The van der Waals surface area contributed by atoms with Crippen molar-refractivity contribution in [1.29, 1.82) is 5.26 Å². The lowest BCUT2D eigenvalue weighted by molar-refractivity contribution is 0.222. The molecule has 28 heavy (non-hydrogen) atoms. The van der Waals surface area contributed by atoms with E-state index in [1.165, 1.54) is 6.33 Å². The van der Waals surface area contributed by atoms with Crippen LogP contribution in [0.15, 0.2) is 59.7 Å². The van der Waals surface area contributed by atoms with E-state index in [1.807, 2.05) is 31.2 Å². The number of nitrogens with two attached hydrogens (primary N) is 1. The van der Waals surface area contributed by atoms with E-state index in [9.17, 15) is 5.26 Å². The Bertz CT molecular complexity index is 940. The molecule has 0 saturated heterocycles. The summed E-state index contributed by atoms with van der Waals surface area (Å²) in [7, 11) is 0. The molecule has 2 unspecified atom stereocenters. The Morgan fingerprint density at radius 1 is 1.29 bits per heavy atom. The van der Waals surface area contributed by atoms with Crippen LogP contribution in [0.4, 0.5) is 0 Å². The zero-order valence-corrected chi connectivity index (χ0v) is 17.1. The van der Waals surface area contributed by atoms with Crippen molar-refractivity contribution in [3.8, 4) is 11.8 Å². The molecule has 0 aliphatic carbocycles. The first kappa shape index (κ1) is 19.7. The molecule has 2 N–H and O–H groups in total. The average Bonchev–Trinajstić information content (AvgIpc) is 3.17. The second kappa shape index (κ2) is 7.51. The van der Waals surface area contributed by atoms with E-state index in [-0.39, 0.29) is 23.1 Å². The third-order valence-electron chi connectivity index (χ3n) is 5.39. The number of ether oxygens (including phenoxy) is 1. The van der Waals surface area contributed by atoms with Crippen molar-refractivity contribution in [2.45, 2.75) is 47.0 Å². The van der Waals surface area contributed by atoms with Crippen LogP contribution in [0.5, 0.6) is 0 Å². The van der Waals surface area contributed by atoms with Gasteiger partial charge in [0.2, 0.25) is 5.88 Å². The van der Waals surface area contributed by atoms with Gasteiger partial charge < -0.3 is 10.5 Å². The first-order valence-electron chi connectivity index (χ1n) is 9.51. The van der Waals surface area contributed by atoms with Gasteiger partial charge >= 0.3 is 0 Å². The maximum Gasteiger partial charge on any atom is 0.205 e. The Hall–Kier alpha value is -3.07. The van der Waals surface area contributed by atoms with Crippen LogP contribution in [-0.4, -0.2) is 14.8 Å². The fraction of sp³-hybridized carbons (Fsp3) is 0.409. The van der Waals surface area contributed by atoms with Crippen molar-refractivity contribution >= 4 is 0 Å². The van der Waals surface area contributed by atoms with Gasteiger partial charge in [0.25, 0.3) is 0 Å². The summed E-state index contributed by atoms with van der Waals surface area (Å²) in [6.45, 7) is 10.8. The molecule has 1 aliphatic rings. The summed E-state index contributed by atoms with van der Waals surface area (Å²) in [5.41, 5.74) is 9.67. The number of benzene rings is 1. The van der Waals surface area contributed by atoms with Gasteiger partial charge in [0.05, 0.1) is 5.69 Å². The van der Waals surface area contributed by atoms with Crippen molar-refractivity contribution in [2.24, 2.45) is 17.1 Å². The molecule has 146 valence electrons. The number of hydrogen-bond acceptors (Lipinski definition) is 5. The number of rotatable bonds is 4. The van der Waals surface area contributed by atoms with E-state index in [0.29, 0.717) is 5.57 Å². The fourth-order valence-corrected chi connectivity index (χ4v) is 4.15. The van der Waals surface area contributed by atoms with E-state index in [2.05, 4.69) is 43.8 Å². The SMILES string of the molecule is CCC(C1=C(C)OC(N)=C(C#N)C1c1ccc(-n2cncn2)cc1)C(C)(C)C. The van der Waals surface area contributed by atoms with Crippen LogP contribution in [-0.2, 0) is 4.74 Å². The highest BCUT2D eigenvalue weighted by Gasteiger charge is 2.39. The highest BCUT2D eigenvalue weighted by molar-refractivity contribution is 5.51. The van der Waals surface area contributed by atoms with E-state index in [0.717, 1.165) is 29.0 Å². The topological polar surface area (TPSA) is 89.8 Å². The van der Waals surface area contributed by atoms with Crippen molar-refractivity contribution < 1.29 is 4.74 Å². The first-order valence-corrected chi connectivity index (χ1v) is 9.51. The normalized spacial score (nSPS) is 18.6. The van der Waals surface area contributed by atoms with E-state index < -0.39 is 0 Å². The molecule has 1 aliphatic heterocycles. The smallest absolute Gasteiger partial charge is 0.205 e. The van der Waals surface area contributed by atoms with Gasteiger partial charge in [0.1, 0.15) is 30.1 Å². The number of aromatic nitrogens is 3. The third kappa shape index (κ3) is 3.53. The van der Waals surface area contributed by atoms with E-state index in [4.69, 9.17) is 10.5 Å². The average molecular weight is 377 g/mol. The molecule has 3 rings (SSSR count). The Morgan fingerprint density at radius 3 is 2.46 bits per heavy atom. The fourth-order valence-electron chi connectivity index (χ4n) is 4.15. The van der Waals surface area contributed by atoms with Gasteiger partial charge in [0, 0.05) is 5.92 Å². The molecule has 0 radical (unpaired) electrons. The highest BCUT2D eigenvalue weighted by Crippen LogP contribution is 2.48. The van der Waals surface area contributed by atoms with Gasteiger partial charge in [-0.05, 0) is 47.9 Å². The van der Waals surface area contributed by atoms with Crippen LogP contribution in [0.25, 0.3) is 5.69 Å². The summed E-state index contributed by atoms with van der Waals surface area (Å²) in [4.78, 5) is 3.99. The lowest BCUT2D eigenvalue weighted by Crippen LogP contribution is -2.30. The number of nitriles is 1. The minimum absolute atomic E-state index is 0.0281. The van der Waals surface area contributed by atoms with Crippen LogP contribution >= 0.6 is 0 Å². The van der Waals surface area contributed by atoms with Gasteiger partial charge in [-0.1, -0.05) is 39.8 Å². The van der Waals surface area contributed by atoms with Crippen LogP contribution in [0, 0.1) is 22.7 Å². The predicted octanol–water partition coefficient (Wildman–Crippen LogP) is 4.42. The van der Waals surface area contributed by atoms with Crippen LogP contribution in [0.1, 0.15) is 52.5 Å². The van der Waals surface area contributed by atoms with Gasteiger partial charge in [-0.15, -0.1) is 0 Å². The third-order valence-corrected chi connectivity index (χ3v) is 5.39. The Balaban J connectivity index is 2.12. The molecule has 2 atom stereocenters. The molecule has 6 nitrogen and oxygen atoms in total. The minimum Gasteiger partial charge on any atom is -0.445 e. The van der Waals surface area contributed by atoms with Crippen LogP contribution in [0.2, 0.25) is 0 Å². The maximum absolute atomic E-state index is 9.85. The monoisotopic (exact) mass is 377 g/mol. The molecule has 6 heteroatoms. The summed E-state index contributed by atoms with van der Waals surface area (Å²) < 4.78 is 7.51. The molecule has 0 bridgehead atoms. The zero-order chi connectivity index (χ0) is 20.5. The van der Waals surface area contributed by atoms with Crippen molar-refractivity contribution in [3.05, 3.63) is 65.3 Å². The number of hydrogen-bond donors (Lipinski definition) is 1. The molecular formula is C22H27N5O. The molecule has 1 aromatic heterocycles. The quantitative estimate of drug-likeness (QED) is 0.852. The molecule has 0 amide bonds.